The van der Waals surface area contributed by atoms with Crippen LogP contribution in [0.2, 0.25) is 0 Å². The van der Waals surface area contributed by atoms with Gasteiger partial charge in [-0.05, 0) is 5.56 Å². The molecule has 3 N–H and O–H groups in total. The van der Waals surface area contributed by atoms with Gasteiger partial charge in [0.1, 0.15) is 6.04 Å². The Morgan fingerprint density at radius 3 is 2.60 bits per heavy atom. The second-order valence-corrected chi connectivity index (χ2v) is 3.26. The third-order valence-electron chi connectivity index (χ3n) is 2.25. The third-order valence-corrected chi connectivity index (χ3v) is 2.25. The predicted molar refractivity (Wildman–Crippen MR) is 51.8 cm³/mol. The highest BCUT2D eigenvalue weighted by Gasteiger charge is 2.38. The molecule has 15 heavy (non-hydrogen) atoms. The minimum absolute atomic E-state index is 0.490. The van der Waals surface area contributed by atoms with Crippen LogP contribution in [0.1, 0.15) is 11.6 Å². The molecule has 1 fully saturated rings. The Hall–Kier alpha value is -2.04. The van der Waals surface area contributed by atoms with Crippen molar-refractivity contribution in [2.45, 2.75) is 12.1 Å². The van der Waals surface area contributed by atoms with Gasteiger partial charge in [0, 0.05) is 0 Å². The number of cyclic esters (lactones) is 1. The first-order valence-corrected chi connectivity index (χ1v) is 4.50. The number of hydrogen-bond acceptors (Lipinski definition) is 3. The van der Waals surface area contributed by atoms with Crippen LogP contribution in [0, 0.1) is 0 Å². The highest BCUT2D eigenvalue weighted by molar-refractivity contribution is 5.86. The lowest BCUT2D eigenvalue weighted by atomic mass is 10.0. The quantitative estimate of drug-likeness (QED) is 0.731. The number of alkyl carbamates (subject to hydrolysis) is 1. The Labute approximate surface area is 86.2 Å². The first-order chi connectivity index (χ1) is 7.18. The molecule has 0 bridgehead atoms. The lowest BCUT2D eigenvalue weighted by Crippen LogP contribution is -2.34. The number of nitrogens with two attached hydrogens (primary N) is 1. The molecule has 2 amide bonds. The van der Waals surface area contributed by atoms with Crippen LogP contribution in [0.25, 0.3) is 0 Å². The van der Waals surface area contributed by atoms with Gasteiger partial charge in [-0.3, -0.25) is 4.79 Å². The molecular formula is C10H10N2O3. The normalized spacial score (nSPS) is 24.4. The second-order valence-electron chi connectivity index (χ2n) is 3.26. The van der Waals surface area contributed by atoms with Gasteiger partial charge in [-0.15, -0.1) is 0 Å². The summed E-state index contributed by atoms with van der Waals surface area (Å²) in [5, 5.41) is 2.54. The molecule has 2 rings (SSSR count). The van der Waals surface area contributed by atoms with Gasteiger partial charge in [0.2, 0.25) is 6.10 Å². The van der Waals surface area contributed by atoms with E-state index < -0.39 is 24.1 Å². The van der Waals surface area contributed by atoms with Crippen molar-refractivity contribution in [1.82, 2.24) is 5.32 Å². The number of carbonyl (C=O) groups excluding carboxylic acids is 2. The summed E-state index contributed by atoms with van der Waals surface area (Å²) in [6, 6.07) is 8.59. The Bertz CT molecular complexity index is 391. The zero-order valence-electron chi connectivity index (χ0n) is 7.84. The summed E-state index contributed by atoms with van der Waals surface area (Å²) in [7, 11) is 0. The van der Waals surface area contributed by atoms with E-state index in [1.54, 1.807) is 12.1 Å². The summed E-state index contributed by atoms with van der Waals surface area (Å²) in [4.78, 5) is 22.0. The Morgan fingerprint density at radius 1 is 1.33 bits per heavy atom. The zero-order chi connectivity index (χ0) is 10.8. The maximum atomic E-state index is 11.0. The lowest BCUT2D eigenvalue weighted by Gasteiger charge is -2.13. The van der Waals surface area contributed by atoms with E-state index in [0.717, 1.165) is 5.56 Å². The van der Waals surface area contributed by atoms with Gasteiger partial charge in [0.05, 0.1) is 0 Å². The molecule has 0 spiro atoms. The van der Waals surface area contributed by atoms with E-state index >= 15 is 0 Å². The average molecular weight is 206 g/mol. The van der Waals surface area contributed by atoms with Gasteiger partial charge in [0.25, 0.3) is 5.91 Å². The molecule has 0 aliphatic carbocycles. The maximum Gasteiger partial charge on any atom is 0.408 e. The molecular weight excluding hydrogens is 196 g/mol. The van der Waals surface area contributed by atoms with Crippen molar-refractivity contribution in [3.63, 3.8) is 0 Å². The summed E-state index contributed by atoms with van der Waals surface area (Å²) in [6.45, 7) is 0. The maximum absolute atomic E-state index is 11.0. The summed E-state index contributed by atoms with van der Waals surface area (Å²) in [5.74, 6) is -0.651. The molecule has 1 aliphatic heterocycles. The standard InChI is InChI=1S/C10H10N2O3/c11-9(13)8-7(12-10(14)15-8)6-4-2-1-3-5-6/h1-5,7-8H,(H2,11,13)(H,12,14)/t7-,8+/m0/s1. The first-order valence-electron chi connectivity index (χ1n) is 4.50. The largest absolute Gasteiger partial charge is 0.433 e. The number of ether oxygens (including phenoxy) is 1. The molecule has 0 unspecified atom stereocenters. The van der Waals surface area contributed by atoms with E-state index in [4.69, 9.17) is 10.5 Å². The molecule has 78 valence electrons. The van der Waals surface area contributed by atoms with E-state index in [9.17, 15) is 9.59 Å². The number of amides is 2. The highest BCUT2D eigenvalue weighted by Crippen LogP contribution is 2.24. The topological polar surface area (TPSA) is 81.4 Å². The van der Waals surface area contributed by atoms with Crippen LogP contribution >= 0.6 is 0 Å². The van der Waals surface area contributed by atoms with E-state index in [1.165, 1.54) is 0 Å². The van der Waals surface area contributed by atoms with Crippen LogP contribution < -0.4 is 11.1 Å². The number of primary amides is 1. The van der Waals surface area contributed by atoms with Gasteiger partial charge in [-0.25, -0.2) is 4.79 Å². The van der Waals surface area contributed by atoms with Crippen LogP contribution in [0.5, 0.6) is 0 Å². The minimum Gasteiger partial charge on any atom is -0.433 e. The molecule has 0 saturated carbocycles. The first kappa shape index (κ1) is 9.51. The zero-order valence-corrected chi connectivity index (χ0v) is 7.84. The fraction of sp³-hybridized carbons (Fsp3) is 0.200. The Morgan fingerprint density at radius 2 is 2.00 bits per heavy atom. The van der Waals surface area contributed by atoms with E-state index in [0.29, 0.717) is 0 Å². The Balaban J connectivity index is 2.28. The lowest BCUT2D eigenvalue weighted by molar-refractivity contribution is -0.125. The fourth-order valence-corrected chi connectivity index (χ4v) is 1.56. The molecule has 1 aromatic rings. The van der Waals surface area contributed by atoms with Crippen LogP contribution in [0.3, 0.4) is 0 Å². The second kappa shape index (κ2) is 3.61. The number of rotatable bonds is 2. The fourth-order valence-electron chi connectivity index (χ4n) is 1.56. The van der Waals surface area contributed by atoms with Crippen molar-refractivity contribution in [3.8, 4) is 0 Å². The van der Waals surface area contributed by atoms with Crippen molar-refractivity contribution in [3.05, 3.63) is 35.9 Å². The minimum atomic E-state index is -0.931. The molecule has 2 atom stereocenters. The molecule has 5 heteroatoms. The van der Waals surface area contributed by atoms with Crippen molar-refractivity contribution in [1.29, 1.82) is 0 Å². The van der Waals surface area contributed by atoms with Crippen molar-refractivity contribution >= 4 is 12.0 Å². The molecule has 1 aliphatic rings. The van der Waals surface area contributed by atoms with E-state index in [2.05, 4.69) is 5.32 Å². The van der Waals surface area contributed by atoms with Gasteiger partial charge in [0.15, 0.2) is 0 Å². The third kappa shape index (κ3) is 1.76. The Kier molecular flexibility index (Phi) is 2.29. The number of carbonyl (C=O) groups is 2. The van der Waals surface area contributed by atoms with Crippen LogP contribution in [0.15, 0.2) is 30.3 Å². The number of hydrogen-bond donors (Lipinski definition) is 2. The van der Waals surface area contributed by atoms with E-state index in [-0.39, 0.29) is 0 Å². The SMILES string of the molecule is NC(=O)[C@@H]1OC(=O)N[C@H]1c1ccccc1. The van der Waals surface area contributed by atoms with Crippen LogP contribution in [-0.4, -0.2) is 18.1 Å². The smallest absolute Gasteiger partial charge is 0.408 e. The van der Waals surface area contributed by atoms with Crippen molar-refractivity contribution in [2.24, 2.45) is 5.73 Å². The molecule has 1 aromatic carbocycles. The summed E-state index contributed by atoms with van der Waals surface area (Å²) in [6.07, 6.45) is -1.55. The molecule has 1 saturated heterocycles. The summed E-state index contributed by atoms with van der Waals surface area (Å²) in [5.41, 5.74) is 5.93. The number of benzene rings is 1. The molecule has 1 heterocycles. The molecule has 0 aromatic heterocycles. The summed E-state index contributed by atoms with van der Waals surface area (Å²) >= 11 is 0. The highest BCUT2D eigenvalue weighted by atomic mass is 16.6. The summed E-state index contributed by atoms with van der Waals surface area (Å²) < 4.78 is 4.77. The van der Waals surface area contributed by atoms with Gasteiger partial charge in [-0.1, -0.05) is 30.3 Å². The van der Waals surface area contributed by atoms with Crippen LogP contribution in [0.4, 0.5) is 4.79 Å². The molecule has 5 nitrogen and oxygen atoms in total. The van der Waals surface area contributed by atoms with E-state index in [1.807, 2.05) is 18.2 Å². The van der Waals surface area contributed by atoms with Gasteiger partial charge >= 0.3 is 6.09 Å². The average Bonchev–Trinajstić information content (AvgIpc) is 2.62. The van der Waals surface area contributed by atoms with Crippen molar-refractivity contribution in [2.75, 3.05) is 0 Å². The van der Waals surface area contributed by atoms with Gasteiger partial charge in [-0.2, -0.15) is 0 Å². The van der Waals surface area contributed by atoms with Gasteiger partial charge < -0.3 is 15.8 Å². The predicted octanol–water partition coefficient (Wildman–Crippen LogP) is 0.321. The number of nitrogens with one attached hydrogen (secondary N) is 1. The van der Waals surface area contributed by atoms with Crippen LogP contribution in [-0.2, 0) is 9.53 Å². The monoisotopic (exact) mass is 206 g/mol. The van der Waals surface area contributed by atoms with Crippen molar-refractivity contribution < 1.29 is 14.3 Å². The molecule has 0 radical (unpaired) electrons.